The highest BCUT2D eigenvalue weighted by Crippen LogP contribution is 2.12. The highest BCUT2D eigenvalue weighted by atomic mass is 16.2. The zero-order chi connectivity index (χ0) is 17.4. The minimum absolute atomic E-state index is 0.0691. The van der Waals surface area contributed by atoms with E-state index in [0.717, 1.165) is 39.1 Å². The third-order valence-electron chi connectivity index (χ3n) is 4.69. The van der Waals surface area contributed by atoms with E-state index < -0.39 is 0 Å². The van der Waals surface area contributed by atoms with Crippen LogP contribution in [0.2, 0.25) is 0 Å². The van der Waals surface area contributed by atoms with Crippen LogP contribution in [0, 0.1) is 5.92 Å². The van der Waals surface area contributed by atoms with Gasteiger partial charge < -0.3 is 20.1 Å². The van der Waals surface area contributed by atoms with E-state index >= 15 is 0 Å². The van der Waals surface area contributed by atoms with Crippen LogP contribution in [0.25, 0.3) is 0 Å². The van der Waals surface area contributed by atoms with Crippen molar-refractivity contribution in [2.24, 2.45) is 5.92 Å². The molecule has 0 aliphatic carbocycles. The first kappa shape index (κ1) is 18.7. The van der Waals surface area contributed by atoms with Gasteiger partial charge in [-0.1, -0.05) is 13.8 Å². The summed E-state index contributed by atoms with van der Waals surface area (Å²) < 4.78 is 2.02. The predicted octanol–water partition coefficient (Wildman–Crippen LogP) is 0.844. The quantitative estimate of drug-likeness (QED) is 0.691. The van der Waals surface area contributed by atoms with Crippen LogP contribution in [0.3, 0.4) is 0 Å². The highest BCUT2D eigenvalue weighted by molar-refractivity contribution is 5.73. The number of likely N-dealkylation sites (N-methyl/N-ethyl adjacent to an activating group) is 1. The Morgan fingerprint density at radius 2 is 1.96 bits per heavy atom. The number of urea groups is 1. The van der Waals surface area contributed by atoms with Gasteiger partial charge in [0.2, 0.25) is 0 Å². The number of amides is 2. The zero-order valence-corrected chi connectivity index (χ0v) is 15.2. The number of aromatic nitrogens is 2. The van der Waals surface area contributed by atoms with Gasteiger partial charge in [0.1, 0.15) is 0 Å². The number of hydrogen-bond acceptors (Lipinski definition) is 4. The maximum absolute atomic E-state index is 12.0. The summed E-state index contributed by atoms with van der Waals surface area (Å²) in [4.78, 5) is 20.9. The Bertz CT molecular complexity index is 467. The SMILES string of the molecule is CC(C)[C@H](CNC(=O)NCCCn1ccnc1)N1CCN(C)CC1. The standard InChI is InChI=1S/C17H32N6O/c1-15(2)16(23-11-9-21(3)10-12-23)13-20-17(24)19-5-4-7-22-8-6-18-14-22/h6,8,14-16H,4-5,7,9-13H2,1-3H3,(H2,19,20,24)/t16-/m0/s1. The molecular weight excluding hydrogens is 304 g/mol. The second-order valence-corrected chi connectivity index (χ2v) is 6.94. The van der Waals surface area contributed by atoms with E-state index in [1.165, 1.54) is 0 Å². The highest BCUT2D eigenvalue weighted by Gasteiger charge is 2.25. The van der Waals surface area contributed by atoms with E-state index in [9.17, 15) is 4.79 Å². The van der Waals surface area contributed by atoms with Crippen LogP contribution in [-0.2, 0) is 6.54 Å². The number of carbonyl (C=O) groups is 1. The summed E-state index contributed by atoms with van der Waals surface area (Å²) in [7, 11) is 2.16. The molecule has 1 aliphatic rings. The molecule has 1 atom stereocenters. The molecular formula is C17H32N6O. The number of imidazole rings is 1. The number of piperazine rings is 1. The van der Waals surface area contributed by atoms with E-state index in [2.05, 4.69) is 46.3 Å². The average molecular weight is 336 g/mol. The van der Waals surface area contributed by atoms with Crippen LogP contribution in [0.15, 0.2) is 18.7 Å². The van der Waals surface area contributed by atoms with Gasteiger partial charge in [0.25, 0.3) is 0 Å². The van der Waals surface area contributed by atoms with Crippen molar-refractivity contribution in [2.45, 2.75) is 32.9 Å². The molecule has 1 fully saturated rings. The van der Waals surface area contributed by atoms with Crippen LogP contribution < -0.4 is 10.6 Å². The van der Waals surface area contributed by atoms with Gasteiger partial charge in [-0.3, -0.25) is 4.90 Å². The van der Waals surface area contributed by atoms with Crippen molar-refractivity contribution in [3.05, 3.63) is 18.7 Å². The lowest BCUT2D eigenvalue weighted by Gasteiger charge is -2.39. The molecule has 0 unspecified atom stereocenters. The van der Waals surface area contributed by atoms with Gasteiger partial charge in [0, 0.05) is 64.2 Å². The molecule has 1 aliphatic heterocycles. The van der Waals surface area contributed by atoms with Crippen LogP contribution >= 0.6 is 0 Å². The molecule has 7 heteroatoms. The maximum Gasteiger partial charge on any atom is 0.314 e. The molecule has 0 radical (unpaired) electrons. The lowest BCUT2D eigenvalue weighted by atomic mass is 10.0. The fourth-order valence-corrected chi connectivity index (χ4v) is 3.08. The van der Waals surface area contributed by atoms with Gasteiger partial charge in [0.15, 0.2) is 0 Å². The normalized spacial score (nSPS) is 17.8. The van der Waals surface area contributed by atoms with E-state index in [0.29, 0.717) is 25.0 Å². The molecule has 0 spiro atoms. The van der Waals surface area contributed by atoms with Crippen LogP contribution in [-0.4, -0.2) is 77.7 Å². The van der Waals surface area contributed by atoms with Crippen molar-refractivity contribution in [3.63, 3.8) is 0 Å². The first-order valence-corrected chi connectivity index (χ1v) is 8.96. The van der Waals surface area contributed by atoms with Gasteiger partial charge in [-0.25, -0.2) is 9.78 Å². The Balaban J connectivity index is 1.64. The van der Waals surface area contributed by atoms with E-state index in [-0.39, 0.29) is 6.03 Å². The van der Waals surface area contributed by atoms with E-state index in [1.807, 2.05) is 10.8 Å². The third-order valence-corrected chi connectivity index (χ3v) is 4.69. The Morgan fingerprint density at radius 1 is 1.21 bits per heavy atom. The van der Waals surface area contributed by atoms with Gasteiger partial charge in [0.05, 0.1) is 6.33 Å². The van der Waals surface area contributed by atoms with Gasteiger partial charge >= 0.3 is 6.03 Å². The molecule has 2 amide bonds. The zero-order valence-electron chi connectivity index (χ0n) is 15.2. The topological polar surface area (TPSA) is 65.4 Å². The molecule has 24 heavy (non-hydrogen) atoms. The molecule has 0 saturated carbocycles. The minimum atomic E-state index is -0.0691. The number of carbonyl (C=O) groups excluding carboxylic acids is 1. The van der Waals surface area contributed by atoms with Crippen molar-refractivity contribution >= 4 is 6.03 Å². The minimum Gasteiger partial charge on any atom is -0.338 e. The molecule has 2 N–H and O–H groups in total. The smallest absolute Gasteiger partial charge is 0.314 e. The van der Waals surface area contributed by atoms with Gasteiger partial charge in [-0.2, -0.15) is 0 Å². The predicted molar refractivity (Wildman–Crippen MR) is 95.9 cm³/mol. The number of aryl methyl sites for hydroxylation is 1. The fraction of sp³-hybridized carbons (Fsp3) is 0.765. The molecule has 0 aromatic carbocycles. The first-order chi connectivity index (χ1) is 11.6. The molecule has 1 saturated heterocycles. The van der Waals surface area contributed by atoms with Gasteiger partial charge in [-0.15, -0.1) is 0 Å². The van der Waals surface area contributed by atoms with Crippen molar-refractivity contribution in [2.75, 3.05) is 46.3 Å². The fourth-order valence-electron chi connectivity index (χ4n) is 3.08. The number of nitrogens with one attached hydrogen (secondary N) is 2. The molecule has 0 bridgehead atoms. The van der Waals surface area contributed by atoms with E-state index in [1.54, 1.807) is 12.5 Å². The second kappa shape index (κ2) is 9.64. The van der Waals surface area contributed by atoms with Crippen molar-refractivity contribution in [1.29, 1.82) is 0 Å². The molecule has 7 nitrogen and oxygen atoms in total. The molecule has 1 aromatic rings. The molecule has 2 rings (SSSR count). The largest absolute Gasteiger partial charge is 0.338 e. The van der Waals surface area contributed by atoms with Crippen molar-refractivity contribution in [1.82, 2.24) is 30.0 Å². The number of hydrogen-bond donors (Lipinski definition) is 2. The third kappa shape index (κ3) is 6.13. The lowest BCUT2D eigenvalue weighted by molar-refractivity contribution is 0.0887. The average Bonchev–Trinajstić information content (AvgIpc) is 3.06. The van der Waals surface area contributed by atoms with Crippen LogP contribution in [0.5, 0.6) is 0 Å². The summed E-state index contributed by atoms with van der Waals surface area (Å²) in [5.41, 5.74) is 0. The Labute approximate surface area is 145 Å². The number of nitrogens with zero attached hydrogens (tertiary/aromatic N) is 4. The lowest BCUT2D eigenvalue weighted by Crippen LogP contribution is -2.55. The molecule has 2 heterocycles. The van der Waals surface area contributed by atoms with E-state index in [4.69, 9.17) is 0 Å². The second-order valence-electron chi connectivity index (χ2n) is 6.94. The monoisotopic (exact) mass is 336 g/mol. The summed E-state index contributed by atoms with van der Waals surface area (Å²) >= 11 is 0. The maximum atomic E-state index is 12.0. The molecule has 136 valence electrons. The molecule has 1 aromatic heterocycles. The summed E-state index contributed by atoms with van der Waals surface area (Å²) in [6, 6.07) is 0.329. The summed E-state index contributed by atoms with van der Waals surface area (Å²) in [6.07, 6.45) is 6.40. The summed E-state index contributed by atoms with van der Waals surface area (Å²) in [6.45, 7) is 11.1. The van der Waals surface area contributed by atoms with Crippen LogP contribution in [0.4, 0.5) is 4.79 Å². The van der Waals surface area contributed by atoms with Gasteiger partial charge in [-0.05, 0) is 19.4 Å². The van der Waals surface area contributed by atoms with Crippen LogP contribution in [0.1, 0.15) is 20.3 Å². The van der Waals surface area contributed by atoms with Crippen molar-refractivity contribution in [3.8, 4) is 0 Å². The first-order valence-electron chi connectivity index (χ1n) is 8.96. The Kier molecular flexibility index (Phi) is 7.52. The number of rotatable bonds is 8. The van der Waals surface area contributed by atoms with Crippen molar-refractivity contribution < 1.29 is 4.79 Å². The summed E-state index contributed by atoms with van der Waals surface area (Å²) in [5.74, 6) is 0.523. The Hall–Kier alpha value is -1.60. The Morgan fingerprint density at radius 3 is 2.58 bits per heavy atom. The summed E-state index contributed by atoms with van der Waals surface area (Å²) in [5, 5.41) is 5.98.